The highest BCUT2D eigenvalue weighted by atomic mass is 16.5. The molecule has 1 N–H and O–H groups in total. The second kappa shape index (κ2) is 5.65. The lowest BCUT2D eigenvalue weighted by Crippen LogP contribution is -1.97. The fourth-order valence-electron chi connectivity index (χ4n) is 2.30. The van der Waals surface area contributed by atoms with E-state index in [0.29, 0.717) is 19.0 Å². The van der Waals surface area contributed by atoms with E-state index < -0.39 is 0 Å². The Morgan fingerprint density at radius 1 is 1.25 bits per heavy atom. The summed E-state index contributed by atoms with van der Waals surface area (Å²) in [5.74, 6) is 1.52. The molecule has 102 valence electrons. The second-order valence-electron chi connectivity index (χ2n) is 4.61. The van der Waals surface area contributed by atoms with Gasteiger partial charge in [-0.05, 0) is 11.6 Å². The Bertz CT molecular complexity index is 623. The van der Waals surface area contributed by atoms with Gasteiger partial charge in [0.05, 0.1) is 12.8 Å². The second-order valence-corrected chi connectivity index (χ2v) is 4.61. The molecule has 1 aliphatic heterocycles. The van der Waals surface area contributed by atoms with Crippen LogP contribution < -0.4 is 9.47 Å². The highest BCUT2D eigenvalue weighted by Crippen LogP contribution is 2.32. The zero-order valence-electron chi connectivity index (χ0n) is 11.0. The van der Waals surface area contributed by atoms with Gasteiger partial charge >= 0.3 is 0 Å². The van der Waals surface area contributed by atoms with E-state index in [4.69, 9.17) is 14.7 Å². The topological polar surface area (TPSA) is 51.1 Å². The van der Waals surface area contributed by atoms with Gasteiger partial charge in [0.1, 0.15) is 18.1 Å². The van der Waals surface area contributed by atoms with Crippen LogP contribution in [0.3, 0.4) is 0 Å². The number of rotatable bonds is 4. The third-order valence-electron chi connectivity index (χ3n) is 3.27. The van der Waals surface area contributed by atoms with Gasteiger partial charge in [0.15, 0.2) is 0 Å². The van der Waals surface area contributed by atoms with Crippen LogP contribution in [0.2, 0.25) is 0 Å². The van der Waals surface area contributed by atoms with Crippen LogP contribution >= 0.6 is 0 Å². The monoisotopic (exact) mass is 269 g/mol. The number of fused-ring (bicyclic) bond motifs is 1. The molecule has 2 aromatic carbocycles. The lowest BCUT2D eigenvalue weighted by atomic mass is 10.1. The summed E-state index contributed by atoms with van der Waals surface area (Å²) in [6.45, 7) is 1.15. The summed E-state index contributed by atoms with van der Waals surface area (Å²) < 4.78 is 11.3. The first-order valence-corrected chi connectivity index (χ1v) is 6.50. The molecule has 4 nitrogen and oxygen atoms in total. The first-order chi connectivity index (χ1) is 9.86. The van der Waals surface area contributed by atoms with Crippen LogP contribution in [0.4, 0.5) is 0 Å². The van der Waals surface area contributed by atoms with Crippen molar-refractivity contribution in [3.05, 3.63) is 59.2 Å². The van der Waals surface area contributed by atoms with Gasteiger partial charge in [0.25, 0.3) is 0 Å². The number of hydrogen-bond donors (Lipinski definition) is 1. The van der Waals surface area contributed by atoms with Gasteiger partial charge in [-0.3, -0.25) is 0 Å². The predicted molar refractivity (Wildman–Crippen MR) is 75.8 cm³/mol. The van der Waals surface area contributed by atoms with Crippen molar-refractivity contribution in [1.29, 1.82) is 0 Å². The predicted octanol–water partition coefficient (Wildman–Crippen LogP) is 3.01. The van der Waals surface area contributed by atoms with E-state index in [9.17, 15) is 0 Å². The Labute approximate surface area is 117 Å². The molecule has 4 heteroatoms. The van der Waals surface area contributed by atoms with Gasteiger partial charge in [0.2, 0.25) is 0 Å². The third-order valence-corrected chi connectivity index (χ3v) is 3.27. The molecule has 1 aliphatic rings. The lowest BCUT2D eigenvalue weighted by Gasteiger charge is -2.10. The molecule has 0 fully saturated rings. The molecule has 3 rings (SSSR count). The summed E-state index contributed by atoms with van der Waals surface area (Å²) >= 11 is 0. The summed E-state index contributed by atoms with van der Waals surface area (Å²) in [5.41, 5.74) is 3.01. The van der Waals surface area contributed by atoms with Crippen molar-refractivity contribution in [1.82, 2.24) is 0 Å². The van der Waals surface area contributed by atoms with Crippen molar-refractivity contribution in [2.45, 2.75) is 13.0 Å². The maximum absolute atomic E-state index is 8.74. The van der Waals surface area contributed by atoms with E-state index >= 15 is 0 Å². The van der Waals surface area contributed by atoms with Gasteiger partial charge in [-0.15, -0.1) is 0 Å². The van der Waals surface area contributed by atoms with E-state index in [0.717, 1.165) is 28.9 Å². The third kappa shape index (κ3) is 2.59. The highest BCUT2D eigenvalue weighted by Gasteiger charge is 2.17. The zero-order valence-corrected chi connectivity index (χ0v) is 11.0. The van der Waals surface area contributed by atoms with Crippen LogP contribution in [0, 0.1) is 0 Å². The van der Waals surface area contributed by atoms with Crippen LogP contribution in [-0.4, -0.2) is 18.0 Å². The molecule has 0 aliphatic carbocycles. The zero-order chi connectivity index (χ0) is 13.8. The minimum Gasteiger partial charge on any atom is -0.493 e. The standard InChI is InChI=1S/C16H15NO3/c18-17-10-13-8-14(9-16-15(13)6-7-19-16)20-11-12-4-2-1-3-5-12/h1-5,8-10,18H,6-7,11H2/b17-10+. The molecular weight excluding hydrogens is 254 g/mol. The Kier molecular flexibility index (Phi) is 3.54. The SMILES string of the molecule is O/N=C/c1cc(OCc2ccccc2)cc2c1CCO2. The van der Waals surface area contributed by atoms with E-state index in [1.165, 1.54) is 6.21 Å². The molecule has 0 bridgehead atoms. The van der Waals surface area contributed by atoms with Crippen LogP contribution in [-0.2, 0) is 13.0 Å². The van der Waals surface area contributed by atoms with E-state index in [2.05, 4.69) is 5.16 Å². The van der Waals surface area contributed by atoms with Crippen LogP contribution in [0.1, 0.15) is 16.7 Å². The molecule has 1 heterocycles. The van der Waals surface area contributed by atoms with Gasteiger partial charge < -0.3 is 14.7 Å². The number of benzene rings is 2. The summed E-state index contributed by atoms with van der Waals surface area (Å²) in [7, 11) is 0. The van der Waals surface area contributed by atoms with Gasteiger partial charge in [-0.2, -0.15) is 0 Å². The molecule has 20 heavy (non-hydrogen) atoms. The van der Waals surface area contributed by atoms with Gasteiger partial charge in [-0.25, -0.2) is 0 Å². The lowest BCUT2D eigenvalue weighted by molar-refractivity contribution is 0.302. The van der Waals surface area contributed by atoms with E-state index in [1.54, 1.807) is 0 Å². The minimum atomic E-state index is 0.495. The van der Waals surface area contributed by atoms with Crippen molar-refractivity contribution >= 4 is 6.21 Å². The van der Waals surface area contributed by atoms with Crippen molar-refractivity contribution in [3.8, 4) is 11.5 Å². The fourth-order valence-corrected chi connectivity index (χ4v) is 2.30. The first kappa shape index (κ1) is 12.5. The smallest absolute Gasteiger partial charge is 0.126 e. The molecule has 0 aromatic heterocycles. The molecule has 0 saturated heterocycles. The molecule has 2 aromatic rings. The highest BCUT2D eigenvalue weighted by molar-refractivity contribution is 5.83. The minimum absolute atomic E-state index is 0.495. The van der Waals surface area contributed by atoms with Crippen molar-refractivity contribution in [2.75, 3.05) is 6.61 Å². The average molecular weight is 269 g/mol. The largest absolute Gasteiger partial charge is 0.493 e. The normalized spacial score (nSPS) is 13.2. The molecular formula is C16H15NO3. The molecule has 0 radical (unpaired) electrons. The molecule has 0 amide bonds. The van der Waals surface area contributed by atoms with E-state index in [-0.39, 0.29) is 0 Å². The fraction of sp³-hybridized carbons (Fsp3) is 0.188. The summed E-state index contributed by atoms with van der Waals surface area (Å²) in [6, 6.07) is 13.7. The van der Waals surface area contributed by atoms with Gasteiger partial charge in [0, 0.05) is 23.6 Å². The summed E-state index contributed by atoms with van der Waals surface area (Å²) in [4.78, 5) is 0. The Morgan fingerprint density at radius 2 is 2.10 bits per heavy atom. The van der Waals surface area contributed by atoms with E-state index in [1.807, 2.05) is 42.5 Å². The maximum atomic E-state index is 8.74. The van der Waals surface area contributed by atoms with Crippen molar-refractivity contribution < 1.29 is 14.7 Å². The Balaban J connectivity index is 1.82. The average Bonchev–Trinajstić information content (AvgIpc) is 2.95. The molecule has 0 atom stereocenters. The van der Waals surface area contributed by atoms with Gasteiger partial charge in [-0.1, -0.05) is 35.5 Å². The maximum Gasteiger partial charge on any atom is 0.126 e. The van der Waals surface area contributed by atoms with Crippen molar-refractivity contribution in [3.63, 3.8) is 0 Å². The quantitative estimate of drug-likeness (QED) is 0.527. The number of oxime groups is 1. The van der Waals surface area contributed by atoms with Crippen LogP contribution in [0.5, 0.6) is 11.5 Å². The summed E-state index contributed by atoms with van der Waals surface area (Å²) in [6.07, 6.45) is 2.25. The number of nitrogens with zero attached hydrogens (tertiary/aromatic N) is 1. The number of ether oxygens (including phenoxy) is 2. The van der Waals surface area contributed by atoms with Crippen LogP contribution in [0.15, 0.2) is 47.6 Å². The molecule has 0 spiro atoms. The first-order valence-electron chi connectivity index (χ1n) is 6.50. The number of hydrogen-bond acceptors (Lipinski definition) is 4. The van der Waals surface area contributed by atoms with Crippen molar-refractivity contribution in [2.24, 2.45) is 5.16 Å². The molecule has 0 saturated carbocycles. The molecule has 0 unspecified atom stereocenters. The Hall–Kier alpha value is -2.49. The summed E-state index contributed by atoms with van der Waals surface area (Å²) in [5, 5.41) is 11.8. The Morgan fingerprint density at radius 3 is 2.90 bits per heavy atom. The van der Waals surface area contributed by atoms with Crippen LogP contribution in [0.25, 0.3) is 0 Å².